The van der Waals surface area contributed by atoms with Crippen molar-refractivity contribution in [3.05, 3.63) is 52.5 Å². The monoisotopic (exact) mass is 317 g/mol. The Labute approximate surface area is 120 Å². The van der Waals surface area contributed by atoms with Gasteiger partial charge in [0.15, 0.2) is 0 Å². The van der Waals surface area contributed by atoms with E-state index in [1.807, 2.05) is 0 Å². The van der Waals surface area contributed by atoms with E-state index in [1.54, 1.807) is 6.07 Å². The number of aromatic hydroxyl groups is 1. The lowest BCUT2D eigenvalue weighted by atomic mass is 10.3. The summed E-state index contributed by atoms with van der Waals surface area (Å²) in [6, 6.07) is 9.91. The molecule has 0 amide bonds. The van der Waals surface area contributed by atoms with E-state index in [2.05, 4.69) is 4.72 Å². The van der Waals surface area contributed by atoms with Crippen molar-refractivity contribution < 1.29 is 13.5 Å². The van der Waals surface area contributed by atoms with Crippen molar-refractivity contribution in [2.45, 2.75) is 4.90 Å². The molecule has 0 aliphatic rings. The first-order valence-electron chi connectivity index (χ1n) is 5.15. The highest BCUT2D eigenvalue weighted by molar-refractivity contribution is 7.92. The summed E-state index contributed by atoms with van der Waals surface area (Å²) in [6.45, 7) is 0. The van der Waals surface area contributed by atoms with Crippen LogP contribution >= 0.6 is 23.2 Å². The van der Waals surface area contributed by atoms with E-state index in [0.717, 1.165) is 0 Å². The number of hydrogen-bond donors (Lipinski definition) is 2. The van der Waals surface area contributed by atoms with Gasteiger partial charge in [-0.05, 0) is 30.3 Å². The van der Waals surface area contributed by atoms with Gasteiger partial charge in [-0.2, -0.15) is 0 Å². The summed E-state index contributed by atoms with van der Waals surface area (Å²) in [5, 5.41) is 10.2. The minimum Gasteiger partial charge on any atom is -0.506 e. The van der Waals surface area contributed by atoms with Crippen LogP contribution in [0.3, 0.4) is 0 Å². The fourth-order valence-electron chi connectivity index (χ4n) is 1.43. The zero-order chi connectivity index (χ0) is 14.0. The Morgan fingerprint density at radius 3 is 2.32 bits per heavy atom. The summed E-state index contributed by atoms with van der Waals surface area (Å²) in [5.41, 5.74) is 0.0457. The second-order valence-electron chi connectivity index (χ2n) is 3.72. The lowest BCUT2D eigenvalue weighted by molar-refractivity contribution is 0.477. The number of nitrogens with one attached hydrogen (secondary N) is 1. The second-order valence-corrected chi connectivity index (χ2v) is 6.28. The third-order valence-corrected chi connectivity index (χ3v) is 4.14. The average Bonchev–Trinajstić information content (AvgIpc) is 2.33. The molecule has 0 atom stereocenters. The Kier molecular flexibility index (Phi) is 3.89. The zero-order valence-corrected chi connectivity index (χ0v) is 11.8. The predicted octanol–water partition coefficient (Wildman–Crippen LogP) is 3.50. The largest absolute Gasteiger partial charge is 0.506 e. The van der Waals surface area contributed by atoms with E-state index in [1.165, 1.54) is 36.4 Å². The van der Waals surface area contributed by atoms with Crippen molar-refractivity contribution in [2.24, 2.45) is 0 Å². The van der Waals surface area contributed by atoms with Crippen LogP contribution in [0.2, 0.25) is 10.0 Å². The normalized spacial score (nSPS) is 11.3. The van der Waals surface area contributed by atoms with Gasteiger partial charge in [0.1, 0.15) is 5.75 Å². The number of sulfonamides is 1. The molecule has 7 heteroatoms. The van der Waals surface area contributed by atoms with Crippen LogP contribution in [-0.2, 0) is 10.0 Å². The molecule has 0 aromatic heterocycles. The Morgan fingerprint density at radius 1 is 1.00 bits per heavy atom. The molecule has 0 aliphatic carbocycles. The summed E-state index contributed by atoms with van der Waals surface area (Å²) < 4.78 is 26.4. The number of halogens is 2. The standard InChI is InChI=1S/C12H9Cl2NO3S/c13-8-2-1-3-10(6-8)19(17,18)15-11-5-4-9(14)7-12(11)16/h1-7,15-16H. The molecule has 0 heterocycles. The quantitative estimate of drug-likeness (QED) is 0.851. The highest BCUT2D eigenvalue weighted by Gasteiger charge is 2.16. The minimum absolute atomic E-state index is 0.00866. The maximum atomic E-state index is 12.1. The molecule has 2 aromatic rings. The highest BCUT2D eigenvalue weighted by Crippen LogP contribution is 2.29. The molecule has 0 radical (unpaired) electrons. The zero-order valence-electron chi connectivity index (χ0n) is 9.47. The smallest absolute Gasteiger partial charge is 0.262 e. The van der Waals surface area contributed by atoms with Crippen molar-refractivity contribution in [1.82, 2.24) is 0 Å². The maximum absolute atomic E-state index is 12.1. The van der Waals surface area contributed by atoms with Crippen molar-refractivity contribution in [2.75, 3.05) is 4.72 Å². The van der Waals surface area contributed by atoms with Gasteiger partial charge >= 0.3 is 0 Å². The number of benzene rings is 2. The molecule has 2 rings (SSSR count). The average molecular weight is 318 g/mol. The van der Waals surface area contributed by atoms with E-state index in [9.17, 15) is 13.5 Å². The van der Waals surface area contributed by atoms with Crippen molar-refractivity contribution in [3.8, 4) is 5.75 Å². The van der Waals surface area contributed by atoms with E-state index in [0.29, 0.717) is 10.0 Å². The Hall–Kier alpha value is -1.43. The molecule has 19 heavy (non-hydrogen) atoms. The first kappa shape index (κ1) is 14.0. The van der Waals surface area contributed by atoms with Crippen LogP contribution in [0.4, 0.5) is 5.69 Å². The molecule has 0 fully saturated rings. The van der Waals surface area contributed by atoms with Gasteiger partial charge in [-0.3, -0.25) is 4.72 Å². The van der Waals surface area contributed by atoms with Crippen LogP contribution in [0.1, 0.15) is 0 Å². The lowest BCUT2D eigenvalue weighted by Crippen LogP contribution is -2.12. The number of phenolic OH excluding ortho intramolecular Hbond substituents is 1. The van der Waals surface area contributed by atoms with Gasteiger partial charge in [0.05, 0.1) is 10.6 Å². The molecular weight excluding hydrogens is 309 g/mol. The van der Waals surface area contributed by atoms with Gasteiger partial charge in [0, 0.05) is 16.1 Å². The molecule has 2 N–H and O–H groups in total. The van der Waals surface area contributed by atoms with Crippen molar-refractivity contribution in [1.29, 1.82) is 0 Å². The Balaban J connectivity index is 2.36. The van der Waals surface area contributed by atoms with E-state index >= 15 is 0 Å². The first-order valence-corrected chi connectivity index (χ1v) is 7.39. The topological polar surface area (TPSA) is 66.4 Å². The summed E-state index contributed by atoms with van der Waals surface area (Å²) in [6.07, 6.45) is 0. The molecule has 0 saturated carbocycles. The summed E-state index contributed by atoms with van der Waals surface area (Å²) in [7, 11) is -3.81. The SMILES string of the molecule is O=S(=O)(Nc1ccc(Cl)cc1O)c1cccc(Cl)c1. The molecule has 4 nitrogen and oxygen atoms in total. The molecule has 0 spiro atoms. The van der Waals surface area contributed by atoms with Crippen molar-refractivity contribution >= 4 is 38.9 Å². The van der Waals surface area contributed by atoms with Gasteiger partial charge in [-0.25, -0.2) is 8.42 Å². The van der Waals surface area contributed by atoms with Crippen LogP contribution in [-0.4, -0.2) is 13.5 Å². The molecule has 2 aromatic carbocycles. The third-order valence-electron chi connectivity index (χ3n) is 2.31. The Bertz CT molecular complexity index is 717. The fourth-order valence-corrected chi connectivity index (χ4v) is 2.97. The van der Waals surface area contributed by atoms with Gasteiger partial charge in [0.25, 0.3) is 10.0 Å². The fraction of sp³-hybridized carbons (Fsp3) is 0. The van der Waals surface area contributed by atoms with E-state index < -0.39 is 10.0 Å². The predicted molar refractivity (Wildman–Crippen MR) is 75.4 cm³/mol. The number of hydrogen-bond acceptors (Lipinski definition) is 3. The molecule has 100 valence electrons. The highest BCUT2D eigenvalue weighted by atomic mass is 35.5. The Morgan fingerprint density at radius 2 is 1.68 bits per heavy atom. The molecular formula is C12H9Cl2NO3S. The van der Waals surface area contributed by atoms with Gasteiger partial charge < -0.3 is 5.11 Å². The molecule has 0 saturated heterocycles. The molecule has 0 aliphatic heterocycles. The van der Waals surface area contributed by atoms with Crippen LogP contribution in [0.5, 0.6) is 5.75 Å². The van der Waals surface area contributed by atoms with Crippen LogP contribution in [0, 0.1) is 0 Å². The van der Waals surface area contributed by atoms with Gasteiger partial charge in [-0.15, -0.1) is 0 Å². The summed E-state index contributed by atoms with van der Waals surface area (Å²) in [5.74, 6) is -0.252. The van der Waals surface area contributed by atoms with Gasteiger partial charge in [-0.1, -0.05) is 29.3 Å². The number of anilines is 1. The summed E-state index contributed by atoms with van der Waals surface area (Å²) >= 11 is 11.4. The van der Waals surface area contributed by atoms with Gasteiger partial charge in [0.2, 0.25) is 0 Å². The van der Waals surface area contributed by atoms with Crippen molar-refractivity contribution in [3.63, 3.8) is 0 Å². The van der Waals surface area contributed by atoms with Crippen LogP contribution in [0.15, 0.2) is 47.4 Å². The lowest BCUT2D eigenvalue weighted by Gasteiger charge is -2.10. The first-order chi connectivity index (χ1) is 8.88. The third kappa shape index (κ3) is 3.32. The van der Waals surface area contributed by atoms with E-state index in [4.69, 9.17) is 23.2 Å². The second kappa shape index (κ2) is 5.28. The number of rotatable bonds is 3. The van der Waals surface area contributed by atoms with E-state index in [-0.39, 0.29) is 16.3 Å². The maximum Gasteiger partial charge on any atom is 0.262 e. The summed E-state index contributed by atoms with van der Waals surface area (Å²) in [4.78, 5) is 0.00866. The minimum atomic E-state index is -3.81. The molecule has 0 unspecified atom stereocenters. The number of phenols is 1. The van der Waals surface area contributed by atoms with Crippen LogP contribution in [0.25, 0.3) is 0 Å². The molecule has 0 bridgehead atoms. The van der Waals surface area contributed by atoms with Crippen LogP contribution < -0.4 is 4.72 Å².